The molecule has 0 atom stereocenters. The van der Waals surface area contributed by atoms with Gasteiger partial charge in [-0.05, 0) is 79.2 Å². The number of nitrogens with one attached hydrogen (secondary N) is 2. The molecule has 0 saturated heterocycles. The highest BCUT2D eigenvalue weighted by molar-refractivity contribution is 6.31. The Balaban J connectivity index is 1.20. The summed E-state index contributed by atoms with van der Waals surface area (Å²) in [5.74, 6) is -1.43. The van der Waals surface area contributed by atoms with E-state index >= 15 is 0 Å². The van der Waals surface area contributed by atoms with Crippen LogP contribution in [-0.2, 0) is 9.59 Å². The molecule has 0 bridgehead atoms. The van der Waals surface area contributed by atoms with E-state index in [1.807, 2.05) is 0 Å². The Morgan fingerprint density at radius 3 is 1.36 bits per heavy atom. The van der Waals surface area contributed by atoms with E-state index < -0.39 is 23.8 Å². The lowest BCUT2D eigenvalue weighted by molar-refractivity contribution is -0.122. The van der Waals surface area contributed by atoms with Crippen LogP contribution in [0.3, 0.4) is 0 Å². The van der Waals surface area contributed by atoms with Crippen molar-refractivity contribution in [3.8, 4) is 11.5 Å². The molecule has 4 aromatic carbocycles. The minimum atomic E-state index is -0.569. The molecule has 0 spiro atoms. The van der Waals surface area contributed by atoms with E-state index in [1.54, 1.807) is 97.1 Å². The Kier molecular flexibility index (Phi) is 12.0. The molecule has 2 amide bonds. The third-order valence-corrected chi connectivity index (χ3v) is 6.50. The van der Waals surface area contributed by atoms with Gasteiger partial charge in [-0.15, -0.1) is 0 Å². The first-order chi connectivity index (χ1) is 21.8. The van der Waals surface area contributed by atoms with Crippen molar-refractivity contribution < 1.29 is 28.7 Å². The van der Waals surface area contributed by atoms with Crippen LogP contribution in [0.4, 0.5) is 0 Å². The van der Waals surface area contributed by atoms with Gasteiger partial charge in [0, 0.05) is 34.0 Å². The number of hydrogen-bond donors (Lipinski definition) is 2. The molecule has 10 nitrogen and oxygen atoms in total. The van der Waals surface area contributed by atoms with Crippen molar-refractivity contribution in [2.75, 3.05) is 0 Å². The minimum Gasteiger partial charge on any atom is -0.422 e. The molecular formula is C33H26Cl2N4O6. The van der Waals surface area contributed by atoms with Crippen LogP contribution in [0.1, 0.15) is 51.1 Å². The predicted octanol–water partition coefficient (Wildman–Crippen LogP) is 6.20. The maximum atomic E-state index is 12.4. The summed E-state index contributed by atoms with van der Waals surface area (Å²) in [6.45, 7) is 0. The van der Waals surface area contributed by atoms with E-state index in [0.717, 1.165) is 0 Å². The van der Waals surface area contributed by atoms with Crippen LogP contribution in [0.5, 0.6) is 11.5 Å². The highest BCUT2D eigenvalue weighted by Gasteiger charge is 2.12. The van der Waals surface area contributed by atoms with Crippen molar-refractivity contribution >= 4 is 59.4 Å². The zero-order valence-electron chi connectivity index (χ0n) is 23.6. The Morgan fingerprint density at radius 1 is 0.578 bits per heavy atom. The maximum absolute atomic E-state index is 12.4. The van der Waals surface area contributed by atoms with Gasteiger partial charge in [0.25, 0.3) is 0 Å². The number of para-hydroxylation sites is 2. The second kappa shape index (κ2) is 16.5. The predicted molar refractivity (Wildman–Crippen MR) is 171 cm³/mol. The van der Waals surface area contributed by atoms with Crippen LogP contribution in [0, 0.1) is 0 Å². The standard InChI is InChI=1S/C33H26Cl2N4O6/c34-26-16-12-22(13-17-26)32(42)44-28-8-3-1-6-24(28)20-36-38-30(40)10-5-11-31(41)39-37-21-25-7-2-4-9-29(25)45-33(43)23-14-18-27(35)19-15-23/h1-4,6-9,12-21H,5,10-11H2,(H,38,40)(H,39,41)/b36-20+,37-21+. The van der Waals surface area contributed by atoms with Gasteiger partial charge in [-0.1, -0.05) is 47.5 Å². The number of carbonyl (C=O) groups excluding carboxylic acids is 4. The number of amides is 2. The van der Waals surface area contributed by atoms with Crippen LogP contribution in [0.2, 0.25) is 10.0 Å². The molecule has 0 radical (unpaired) electrons. The van der Waals surface area contributed by atoms with E-state index in [1.165, 1.54) is 12.4 Å². The van der Waals surface area contributed by atoms with E-state index in [2.05, 4.69) is 21.1 Å². The van der Waals surface area contributed by atoms with Gasteiger partial charge < -0.3 is 9.47 Å². The third kappa shape index (κ3) is 10.4. The van der Waals surface area contributed by atoms with Crippen molar-refractivity contribution in [3.63, 3.8) is 0 Å². The molecular weight excluding hydrogens is 619 g/mol. The average molecular weight is 645 g/mol. The molecule has 0 unspecified atom stereocenters. The van der Waals surface area contributed by atoms with Crippen LogP contribution in [-0.4, -0.2) is 36.2 Å². The molecule has 4 rings (SSSR count). The number of hydrazone groups is 2. The Bertz CT molecular complexity index is 1600. The fraction of sp³-hybridized carbons (Fsp3) is 0.0909. The molecule has 0 aromatic heterocycles. The van der Waals surface area contributed by atoms with Crippen molar-refractivity contribution in [2.24, 2.45) is 10.2 Å². The number of esters is 2. The quantitative estimate of drug-likeness (QED) is 0.0815. The summed E-state index contributed by atoms with van der Waals surface area (Å²) in [5, 5.41) is 8.85. The van der Waals surface area contributed by atoms with Crippen molar-refractivity contribution in [3.05, 3.63) is 129 Å². The largest absolute Gasteiger partial charge is 0.422 e. The number of nitrogens with zero attached hydrogens (tertiary/aromatic N) is 2. The topological polar surface area (TPSA) is 136 Å². The summed E-state index contributed by atoms with van der Waals surface area (Å²) in [6, 6.07) is 26.0. The van der Waals surface area contributed by atoms with Gasteiger partial charge in [0.05, 0.1) is 23.6 Å². The lowest BCUT2D eigenvalue weighted by atomic mass is 10.2. The number of rotatable bonds is 12. The van der Waals surface area contributed by atoms with Crippen LogP contribution in [0.25, 0.3) is 0 Å². The molecule has 228 valence electrons. The van der Waals surface area contributed by atoms with E-state index in [-0.39, 0.29) is 30.8 Å². The van der Waals surface area contributed by atoms with Crippen molar-refractivity contribution in [2.45, 2.75) is 19.3 Å². The Hall–Kier alpha value is -5.32. The second-order valence-corrected chi connectivity index (χ2v) is 10.2. The van der Waals surface area contributed by atoms with Gasteiger partial charge >= 0.3 is 11.9 Å². The molecule has 0 aliphatic carbocycles. The Labute approximate surface area is 268 Å². The highest BCUT2D eigenvalue weighted by Crippen LogP contribution is 2.20. The average Bonchev–Trinajstić information content (AvgIpc) is 3.03. The molecule has 4 aromatic rings. The molecule has 0 aliphatic heterocycles. The van der Waals surface area contributed by atoms with E-state index in [9.17, 15) is 19.2 Å². The van der Waals surface area contributed by atoms with E-state index in [4.69, 9.17) is 32.7 Å². The summed E-state index contributed by atoms with van der Waals surface area (Å²) >= 11 is 11.7. The van der Waals surface area contributed by atoms with Gasteiger partial charge in [0.1, 0.15) is 11.5 Å². The lowest BCUT2D eigenvalue weighted by Crippen LogP contribution is -2.20. The van der Waals surface area contributed by atoms with Gasteiger partial charge in [0.15, 0.2) is 0 Å². The van der Waals surface area contributed by atoms with Crippen LogP contribution >= 0.6 is 23.2 Å². The number of ether oxygens (including phenoxy) is 2. The fourth-order valence-electron chi connectivity index (χ4n) is 3.72. The maximum Gasteiger partial charge on any atom is 0.343 e. The van der Waals surface area contributed by atoms with Crippen molar-refractivity contribution in [1.29, 1.82) is 0 Å². The zero-order valence-corrected chi connectivity index (χ0v) is 25.1. The monoisotopic (exact) mass is 644 g/mol. The molecule has 0 heterocycles. The summed E-state index contributed by atoms with van der Waals surface area (Å²) in [6.07, 6.45) is 3.02. The van der Waals surface area contributed by atoms with Gasteiger partial charge in [-0.3, -0.25) is 9.59 Å². The number of halogens is 2. The third-order valence-electron chi connectivity index (χ3n) is 6.00. The molecule has 0 saturated carbocycles. The molecule has 2 N–H and O–H groups in total. The van der Waals surface area contributed by atoms with Crippen molar-refractivity contribution in [1.82, 2.24) is 10.9 Å². The molecule has 45 heavy (non-hydrogen) atoms. The van der Waals surface area contributed by atoms with Gasteiger partial charge in [-0.25, -0.2) is 20.4 Å². The summed E-state index contributed by atoms with van der Waals surface area (Å²) in [7, 11) is 0. The second-order valence-electron chi connectivity index (χ2n) is 9.31. The normalized spacial score (nSPS) is 10.9. The number of carbonyl (C=O) groups is 4. The first kappa shape index (κ1) is 32.6. The molecule has 0 aliphatic rings. The Morgan fingerprint density at radius 2 is 0.956 bits per heavy atom. The van der Waals surface area contributed by atoms with E-state index in [0.29, 0.717) is 32.3 Å². The summed E-state index contributed by atoms with van der Waals surface area (Å²) in [4.78, 5) is 49.3. The van der Waals surface area contributed by atoms with Crippen LogP contribution in [0.15, 0.2) is 107 Å². The number of benzene rings is 4. The molecule has 12 heteroatoms. The minimum absolute atomic E-state index is 0.0329. The van der Waals surface area contributed by atoms with Gasteiger partial charge in [0.2, 0.25) is 11.8 Å². The van der Waals surface area contributed by atoms with Crippen LogP contribution < -0.4 is 20.3 Å². The lowest BCUT2D eigenvalue weighted by Gasteiger charge is -2.07. The highest BCUT2D eigenvalue weighted by atomic mass is 35.5. The first-order valence-corrected chi connectivity index (χ1v) is 14.3. The summed E-state index contributed by atoms with van der Waals surface area (Å²) in [5.41, 5.74) is 6.38. The number of hydrogen-bond acceptors (Lipinski definition) is 8. The zero-order chi connectivity index (χ0) is 32.0. The SMILES string of the molecule is O=C(CCCC(=O)N/N=C/c1ccccc1OC(=O)c1ccc(Cl)cc1)N/N=C/c1ccccc1OC(=O)c1ccc(Cl)cc1. The fourth-order valence-corrected chi connectivity index (χ4v) is 3.97. The molecule has 0 fully saturated rings. The first-order valence-electron chi connectivity index (χ1n) is 13.6. The van der Waals surface area contributed by atoms with Gasteiger partial charge in [-0.2, -0.15) is 10.2 Å². The smallest absolute Gasteiger partial charge is 0.343 e. The summed E-state index contributed by atoms with van der Waals surface area (Å²) < 4.78 is 10.9.